The number of hydrogen-bond acceptors (Lipinski definition) is 4. The third kappa shape index (κ3) is 4.71. The number of anilines is 1. The van der Waals surface area contributed by atoms with Crippen LogP contribution in [0.2, 0.25) is 0 Å². The summed E-state index contributed by atoms with van der Waals surface area (Å²) in [6, 6.07) is 3.71. The molecule has 1 amide bonds. The van der Waals surface area contributed by atoms with E-state index >= 15 is 0 Å². The normalized spacial score (nSPS) is 11.9. The van der Waals surface area contributed by atoms with Crippen LogP contribution in [0.25, 0.3) is 0 Å². The Hall–Kier alpha value is -1.62. The van der Waals surface area contributed by atoms with Gasteiger partial charge in [-0.05, 0) is 25.5 Å². The van der Waals surface area contributed by atoms with Crippen LogP contribution in [-0.2, 0) is 0 Å². The number of carbonyl (C=O) groups is 1. The third-order valence-corrected chi connectivity index (χ3v) is 2.56. The lowest BCUT2D eigenvalue weighted by Gasteiger charge is -2.13. The van der Waals surface area contributed by atoms with Crippen LogP contribution < -0.4 is 16.4 Å². The summed E-state index contributed by atoms with van der Waals surface area (Å²) in [6.45, 7) is 5.29. The van der Waals surface area contributed by atoms with Gasteiger partial charge in [-0.2, -0.15) is 0 Å². The van der Waals surface area contributed by atoms with Crippen molar-refractivity contribution in [3.63, 3.8) is 0 Å². The zero-order valence-corrected chi connectivity index (χ0v) is 11.1. The lowest BCUT2D eigenvalue weighted by molar-refractivity contribution is 0.0951. The van der Waals surface area contributed by atoms with Gasteiger partial charge < -0.3 is 16.4 Å². The van der Waals surface area contributed by atoms with E-state index in [0.717, 1.165) is 18.5 Å². The molecule has 18 heavy (non-hydrogen) atoms. The maximum absolute atomic E-state index is 11.6. The van der Waals surface area contributed by atoms with Gasteiger partial charge in [0.15, 0.2) is 0 Å². The van der Waals surface area contributed by atoms with Crippen LogP contribution in [-0.4, -0.2) is 30.0 Å². The Morgan fingerprint density at radius 1 is 1.50 bits per heavy atom. The van der Waals surface area contributed by atoms with Crippen LogP contribution >= 0.6 is 0 Å². The molecule has 0 bridgehead atoms. The largest absolute Gasteiger partial charge is 0.383 e. The van der Waals surface area contributed by atoms with Crippen LogP contribution in [0.4, 0.5) is 5.69 Å². The van der Waals surface area contributed by atoms with Crippen molar-refractivity contribution in [3.05, 3.63) is 24.0 Å². The highest BCUT2D eigenvalue weighted by Gasteiger charge is 2.07. The summed E-state index contributed by atoms with van der Waals surface area (Å²) in [5.74, 6) is -0.154. The maximum Gasteiger partial charge on any atom is 0.269 e. The topological polar surface area (TPSA) is 80.0 Å². The van der Waals surface area contributed by atoms with Crippen molar-refractivity contribution in [2.75, 3.05) is 18.4 Å². The van der Waals surface area contributed by atoms with Crippen LogP contribution in [0.1, 0.15) is 37.2 Å². The molecule has 0 saturated heterocycles. The molecule has 5 heteroatoms. The highest BCUT2D eigenvalue weighted by molar-refractivity contribution is 5.93. The average molecular weight is 250 g/mol. The minimum absolute atomic E-state index is 0.135. The Kier molecular flexibility index (Phi) is 6.14. The molecule has 1 atom stereocenters. The Labute approximate surface area is 108 Å². The van der Waals surface area contributed by atoms with Gasteiger partial charge in [0.25, 0.3) is 5.91 Å². The van der Waals surface area contributed by atoms with E-state index in [9.17, 15) is 4.79 Å². The Morgan fingerprint density at radius 3 is 2.94 bits per heavy atom. The first kappa shape index (κ1) is 14.4. The van der Waals surface area contributed by atoms with Gasteiger partial charge in [0.05, 0.1) is 0 Å². The van der Waals surface area contributed by atoms with Gasteiger partial charge in [-0.25, -0.2) is 0 Å². The summed E-state index contributed by atoms with van der Waals surface area (Å²) < 4.78 is 0. The van der Waals surface area contributed by atoms with E-state index in [-0.39, 0.29) is 11.9 Å². The fraction of sp³-hybridized carbons (Fsp3) is 0.538. The number of hydrogen-bond donors (Lipinski definition) is 3. The van der Waals surface area contributed by atoms with Crippen LogP contribution in [0.15, 0.2) is 18.3 Å². The zero-order valence-electron chi connectivity index (χ0n) is 11.1. The van der Waals surface area contributed by atoms with E-state index in [2.05, 4.69) is 22.5 Å². The van der Waals surface area contributed by atoms with Gasteiger partial charge in [-0.3, -0.25) is 9.78 Å². The summed E-state index contributed by atoms with van der Waals surface area (Å²) in [4.78, 5) is 15.6. The molecule has 0 fully saturated rings. The highest BCUT2D eigenvalue weighted by Crippen LogP contribution is 2.08. The first-order chi connectivity index (χ1) is 8.67. The van der Waals surface area contributed by atoms with Crippen molar-refractivity contribution in [1.82, 2.24) is 10.3 Å². The predicted molar refractivity (Wildman–Crippen MR) is 73.6 cm³/mol. The molecular formula is C13H22N4O. The van der Waals surface area contributed by atoms with E-state index in [1.165, 1.54) is 0 Å². The molecule has 1 aromatic heterocycles. The molecule has 0 aliphatic rings. The van der Waals surface area contributed by atoms with Gasteiger partial charge in [0.2, 0.25) is 0 Å². The van der Waals surface area contributed by atoms with Gasteiger partial charge >= 0.3 is 0 Å². The van der Waals surface area contributed by atoms with E-state index < -0.39 is 0 Å². The maximum atomic E-state index is 11.6. The molecule has 1 unspecified atom stereocenters. The number of rotatable bonds is 7. The van der Waals surface area contributed by atoms with E-state index in [0.29, 0.717) is 18.8 Å². The molecular weight excluding hydrogens is 228 g/mol. The van der Waals surface area contributed by atoms with Crippen molar-refractivity contribution in [3.8, 4) is 0 Å². The molecule has 4 N–H and O–H groups in total. The summed E-state index contributed by atoms with van der Waals surface area (Å²) in [6.07, 6.45) is 3.68. The summed E-state index contributed by atoms with van der Waals surface area (Å²) in [5, 5.41) is 5.94. The van der Waals surface area contributed by atoms with Crippen LogP contribution in [0, 0.1) is 0 Å². The highest BCUT2D eigenvalue weighted by atomic mass is 16.1. The van der Waals surface area contributed by atoms with Crippen molar-refractivity contribution in [2.24, 2.45) is 5.73 Å². The number of nitrogens with zero attached hydrogens (tertiary/aromatic N) is 1. The summed E-state index contributed by atoms with van der Waals surface area (Å²) in [5.41, 5.74) is 7.22. The number of carbonyl (C=O) groups excluding carboxylic acids is 1. The molecule has 1 aromatic rings. The van der Waals surface area contributed by atoms with Gasteiger partial charge in [0.1, 0.15) is 5.69 Å². The summed E-state index contributed by atoms with van der Waals surface area (Å²) >= 11 is 0. The van der Waals surface area contributed by atoms with E-state index in [1.807, 2.05) is 13.0 Å². The smallest absolute Gasteiger partial charge is 0.269 e. The molecule has 100 valence electrons. The third-order valence-electron chi connectivity index (χ3n) is 2.56. The second-order valence-electron chi connectivity index (χ2n) is 4.22. The molecule has 0 saturated carbocycles. The van der Waals surface area contributed by atoms with E-state index in [4.69, 9.17) is 5.73 Å². The average Bonchev–Trinajstić information content (AvgIpc) is 2.37. The van der Waals surface area contributed by atoms with Crippen LogP contribution in [0.3, 0.4) is 0 Å². The fourth-order valence-electron chi connectivity index (χ4n) is 1.64. The van der Waals surface area contributed by atoms with Crippen LogP contribution in [0.5, 0.6) is 0 Å². The minimum Gasteiger partial charge on any atom is -0.383 e. The Balaban J connectivity index is 2.56. The van der Waals surface area contributed by atoms with Crippen molar-refractivity contribution < 1.29 is 4.79 Å². The Morgan fingerprint density at radius 2 is 2.28 bits per heavy atom. The lowest BCUT2D eigenvalue weighted by atomic mass is 10.2. The van der Waals surface area contributed by atoms with Crippen molar-refractivity contribution in [2.45, 2.75) is 32.7 Å². The number of amides is 1. The molecule has 0 aromatic carbocycles. The second-order valence-corrected chi connectivity index (χ2v) is 4.22. The number of pyridine rings is 1. The fourth-order valence-corrected chi connectivity index (χ4v) is 1.64. The predicted octanol–water partition coefficient (Wildman–Crippen LogP) is 1.37. The monoisotopic (exact) mass is 250 g/mol. The number of aromatic nitrogens is 1. The summed E-state index contributed by atoms with van der Waals surface area (Å²) in [7, 11) is 0. The van der Waals surface area contributed by atoms with Gasteiger partial charge in [-0.1, -0.05) is 13.3 Å². The molecule has 1 heterocycles. The first-order valence-corrected chi connectivity index (χ1v) is 6.41. The molecule has 0 spiro atoms. The number of nitrogens with one attached hydrogen (secondary N) is 2. The lowest BCUT2D eigenvalue weighted by Crippen LogP contribution is -2.29. The number of nitrogens with two attached hydrogens (primary N) is 1. The molecule has 0 aliphatic heterocycles. The van der Waals surface area contributed by atoms with E-state index in [1.54, 1.807) is 12.3 Å². The molecule has 5 nitrogen and oxygen atoms in total. The first-order valence-electron chi connectivity index (χ1n) is 6.41. The van der Waals surface area contributed by atoms with Crippen molar-refractivity contribution in [1.29, 1.82) is 0 Å². The standard InChI is InChI=1S/C13H22N4O/c1-3-5-10(14)9-17-11-6-7-16-12(8-11)13(18)15-4-2/h6-8,10H,3-5,9,14H2,1-2H3,(H,15,18)(H,16,17). The quantitative estimate of drug-likeness (QED) is 0.683. The zero-order chi connectivity index (χ0) is 13.4. The van der Waals surface area contributed by atoms with Crippen molar-refractivity contribution >= 4 is 11.6 Å². The molecule has 0 radical (unpaired) electrons. The Bertz CT molecular complexity index is 381. The second kappa shape index (κ2) is 7.66. The molecule has 1 rings (SSSR count). The minimum atomic E-state index is -0.154. The van der Waals surface area contributed by atoms with Gasteiger partial charge in [0, 0.05) is 31.0 Å². The molecule has 0 aliphatic carbocycles. The SMILES string of the molecule is CCCC(N)CNc1ccnc(C(=O)NCC)c1. The van der Waals surface area contributed by atoms with Gasteiger partial charge in [-0.15, -0.1) is 0 Å².